The molecule has 1 aromatic heterocycles. The van der Waals surface area contributed by atoms with Gasteiger partial charge in [-0.3, -0.25) is 4.98 Å². The van der Waals surface area contributed by atoms with E-state index in [1.165, 1.54) is 24.1 Å². The molecule has 0 spiro atoms. The molecule has 13 heavy (non-hydrogen) atoms. The molecule has 0 unspecified atom stereocenters. The standard InChI is InChI=1S/C10H13N.C2H6/c1-8-3-4-9(11-7-8)10(2)5-6-10;1-2/h3-4,7H,5-6H2,1-2H3;1-2H3. The molecule has 1 heterocycles. The molecule has 2 rings (SSSR count). The lowest BCUT2D eigenvalue weighted by Gasteiger charge is -2.06. The van der Waals surface area contributed by atoms with Crippen molar-refractivity contribution >= 4 is 0 Å². The number of hydrogen-bond donors (Lipinski definition) is 0. The maximum absolute atomic E-state index is 4.41. The van der Waals surface area contributed by atoms with Gasteiger partial charge in [-0.1, -0.05) is 26.8 Å². The quantitative estimate of drug-likeness (QED) is 0.640. The van der Waals surface area contributed by atoms with Crippen LogP contribution < -0.4 is 0 Å². The highest BCUT2D eigenvalue weighted by Crippen LogP contribution is 2.46. The van der Waals surface area contributed by atoms with Crippen LogP contribution in [0.2, 0.25) is 0 Å². The predicted octanol–water partition coefficient (Wildman–Crippen LogP) is 3.47. The van der Waals surface area contributed by atoms with Gasteiger partial charge in [-0.15, -0.1) is 0 Å². The van der Waals surface area contributed by atoms with Crippen LogP contribution in [0.1, 0.15) is 44.9 Å². The topological polar surface area (TPSA) is 12.9 Å². The molecule has 1 aliphatic rings. The largest absolute Gasteiger partial charge is 0.260 e. The highest BCUT2D eigenvalue weighted by molar-refractivity contribution is 5.24. The van der Waals surface area contributed by atoms with Crippen molar-refractivity contribution in [1.82, 2.24) is 4.98 Å². The minimum Gasteiger partial charge on any atom is -0.260 e. The third-order valence-corrected chi connectivity index (χ3v) is 2.53. The van der Waals surface area contributed by atoms with E-state index in [0.29, 0.717) is 5.41 Å². The minimum atomic E-state index is 0.424. The number of aryl methyl sites for hydroxylation is 1. The van der Waals surface area contributed by atoms with Crippen molar-refractivity contribution in [1.29, 1.82) is 0 Å². The van der Waals surface area contributed by atoms with E-state index in [1.807, 2.05) is 20.0 Å². The summed E-state index contributed by atoms with van der Waals surface area (Å²) in [6.07, 6.45) is 4.57. The van der Waals surface area contributed by atoms with E-state index in [0.717, 1.165) is 0 Å². The Hall–Kier alpha value is -0.850. The molecule has 0 radical (unpaired) electrons. The van der Waals surface area contributed by atoms with Crippen molar-refractivity contribution in [2.24, 2.45) is 0 Å². The van der Waals surface area contributed by atoms with Gasteiger partial charge in [-0.05, 0) is 31.4 Å². The van der Waals surface area contributed by atoms with Crippen LogP contribution in [-0.4, -0.2) is 4.98 Å². The summed E-state index contributed by atoms with van der Waals surface area (Å²) in [5.41, 5.74) is 2.94. The average molecular weight is 177 g/mol. The molecular formula is C12H19N. The molecule has 0 amide bonds. The highest BCUT2D eigenvalue weighted by Gasteiger charge is 2.40. The average Bonchev–Trinajstić information content (AvgIpc) is 2.89. The third kappa shape index (κ3) is 2.30. The van der Waals surface area contributed by atoms with Gasteiger partial charge in [0.05, 0.1) is 0 Å². The Morgan fingerprint density at radius 1 is 1.23 bits per heavy atom. The number of pyridine rings is 1. The molecule has 1 heteroatoms. The van der Waals surface area contributed by atoms with E-state index in [-0.39, 0.29) is 0 Å². The molecule has 1 saturated carbocycles. The van der Waals surface area contributed by atoms with Crippen molar-refractivity contribution in [2.45, 2.75) is 46.0 Å². The minimum absolute atomic E-state index is 0.424. The highest BCUT2D eigenvalue weighted by atomic mass is 14.7. The Labute approximate surface area is 81.2 Å². The summed E-state index contributed by atoms with van der Waals surface area (Å²) in [6, 6.07) is 4.30. The first-order valence-electron chi connectivity index (χ1n) is 5.14. The molecule has 1 aliphatic carbocycles. The number of rotatable bonds is 1. The van der Waals surface area contributed by atoms with E-state index in [1.54, 1.807) is 0 Å². The predicted molar refractivity (Wildman–Crippen MR) is 56.9 cm³/mol. The first-order chi connectivity index (χ1) is 6.21. The molecule has 0 bridgehead atoms. The molecule has 0 saturated heterocycles. The Balaban J connectivity index is 0.000000396. The van der Waals surface area contributed by atoms with Crippen LogP contribution in [0.4, 0.5) is 0 Å². The van der Waals surface area contributed by atoms with Gasteiger partial charge in [0.1, 0.15) is 0 Å². The van der Waals surface area contributed by atoms with Gasteiger partial charge in [0.2, 0.25) is 0 Å². The van der Waals surface area contributed by atoms with Gasteiger partial charge in [0, 0.05) is 17.3 Å². The van der Waals surface area contributed by atoms with Crippen molar-refractivity contribution in [3.05, 3.63) is 29.6 Å². The van der Waals surface area contributed by atoms with Crippen molar-refractivity contribution in [2.75, 3.05) is 0 Å². The van der Waals surface area contributed by atoms with Gasteiger partial charge in [0.25, 0.3) is 0 Å². The number of hydrogen-bond acceptors (Lipinski definition) is 1. The second kappa shape index (κ2) is 3.91. The lowest BCUT2D eigenvalue weighted by molar-refractivity contribution is 0.749. The van der Waals surface area contributed by atoms with E-state index >= 15 is 0 Å². The summed E-state index contributed by atoms with van der Waals surface area (Å²) in [7, 11) is 0. The summed E-state index contributed by atoms with van der Waals surface area (Å²) in [4.78, 5) is 4.41. The van der Waals surface area contributed by atoms with Crippen LogP contribution >= 0.6 is 0 Å². The van der Waals surface area contributed by atoms with E-state index in [9.17, 15) is 0 Å². The Morgan fingerprint density at radius 2 is 1.85 bits per heavy atom. The Kier molecular flexibility index (Phi) is 3.07. The van der Waals surface area contributed by atoms with E-state index in [4.69, 9.17) is 0 Å². The van der Waals surface area contributed by atoms with E-state index in [2.05, 4.69) is 31.0 Å². The van der Waals surface area contributed by atoms with Gasteiger partial charge in [-0.2, -0.15) is 0 Å². The van der Waals surface area contributed by atoms with Crippen LogP contribution in [0, 0.1) is 6.92 Å². The first kappa shape index (κ1) is 10.2. The molecule has 1 nitrogen and oxygen atoms in total. The van der Waals surface area contributed by atoms with Gasteiger partial charge in [0.15, 0.2) is 0 Å². The zero-order valence-corrected chi connectivity index (χ0v) is 9.09. The maximum atomic E-state index is 4.41. The van der Waals surface area contributed by atoms with Gasteiger partial charge in [-0.25, -0.2) is 0 Å². The Bertz CT molecular complexity index is 257. The zero-order chi connectivity index (χ0) is 9.90. The van der Waals surface area contributed by atoms with Crippen molar-refractivity contribution < 1.29 is 0 Å². The van der Waals surface area contributed by atoms with Crippen LogP contribution in [0.3, 0.4) is 0 Å². The molecule has 1 aromatic rings. The molecule has 0 N–H and O–H groups in total. The molecule has 0 atom stereocenters. The van der Waals surface area contributed by atoms with Gasteiger partial charge < -0.3 is 0 Å². The van der Waals surface area contributed by atoms with Crippen molar-refractivity contribution in [3.63, 3.8) is 0 Å². The van der Waals surface area contributed by atoms with Gasteiger partial charge >= 0.3 is 0 Å². The molecule has 1 fully saturated rings. The van der Waals surface area contributed by atoms with Crippen molar-refractivity contribution in [3.8, 4) is 0 Å². The summed E-state index contributed by atoms with van der Waals surface area (Å²) < 4.78 is 0. The van der Waals surface area contributed by atoms with Crippen LogP contribution in [0.5, 0.6) is 0 Å². The third-order valence-electron chi connectivity index (χ3n) is 2.53. The Morgan fingerprint density at radius 3 is 2.23 bits per heavy atom. The van der Waals surface area contributed by atoms with Crippen LogP contribution in [0.15, 0.2) is 18.3 Å². The van der Waals surface area contributed by atoms with Crippen LogP contribution in [0.25, 0.3) is 0 Å². The first-order valence-corrected chi connectivity index (χ1v) is 5.14. The molecule has 0 aliphatic heterocycles. The lowest BCUT2D eigenvalue weighted by Crippen LogP contribution is -2.02. The summed E-state index contributed by atoms with van der Waals surface area (Å²) >= 11 is 0. The summed E-state index contributed by atoms with van der Waals surface area (Å²) in [6.45, 7) is 8.36. The zero-order valence-electron chi connectivity index (χ0n) is 9.09. The normalized spacial score (nSPS) is 17.2. The SMILES string of the molecule is CC.Cc1ccc(C2(C)CC2)nc1. The fourth-order valence-corrected chi connectivity index (χ4v) is 1.27. The molecular weight excluding hydrogens is 158 g/mol. The maximum Gasteiger partial charge on any atom is 0.0462 e. The van der Waals surface area contributed by atoms with E-state index < -0.39 is 0 Å². The second-order valence-corrected chi connectivity index (χ2v) is 3.78. The number of aromatic nitrogens is 1. The fraction of sp³-hybridized carbons (Fsp3) is 0.583. The monoisotopic (exact) mass is 177 g/mol. The lowest BCUT2D eigenvalue weighted by atomic mass is 10.0. The summed E-state index contributed by atoms with van der Waals surface area (Å²) in [5.74, 6) is 0. The molecule has 0 aromatic carbocycles. The summed E-state index contributed by atoms with van der Waals surface area (Å²) in [5, 5.41) is 0. The van der Waals surface area contributed by atoms with Crippen LogP contribution in [-0.2, 0) is 5.41 Å². The molecule has 72 valence electrons. The second-order valence-electron chi connectivity index (χ2n) is 3.78. The fourth-order valence-electron chi connectivity index (χ4n) is 1.27. The number of nitrogens with zero attached hydrogens (tertiary/aromatic N) is 1. The smallest absolute Gasteiger partial charge is 0.0462 e.